The van der Waals surface area contributed by atoms with Crippen LogP contribution in [0.2, 0.25) is 0 Å². The van der Waals surface area contributed by atoms with Gasteiger partial charge < -0.3 is 9.30 Å². The minimum Gasteiger partial charge on any atom is -0.496 e. The lowest BCUT2D eigenvalue weighted by atomic mass is 10.2. The van der Waals surface area contributed by atoms with Crippen LogP contribution in [0.3, 0.4) is 0 Å². The van der Waals surface area contributed by atoms with Crippen LogP contribution in [0.5, 0.6) is 5.75 Å². The number of ether oxygens (including phenoxy) is 1. The van der Waals surface area contributed by atoms with Crippen LogP contribution in [0.1, 0.15) is 5.69 Å². The summed E-state index contributed by atoms with van der Waals surface area (Å²) < 4.78 is 20.0. The third kappa shape index (κ3) is 1.97. The van der Waals surface area contributed by atoms with Crippen molar-refractivity contribution in [2.24, 2.45) is 7.05 Å². The van der Waals surface area contributed by atoms with E-state index in [1.807, 2.05) is 6.07 Å². The maximum Gasteiger partial charge on any atom is 0.159 e. The van der Waals surface area contributed by atoms with E-state index in [-0.39, 0.29) is 11.5 Å². The Morgan fingerprint density at radius 2 is 2.24 bits per heavy atom. The van der Waals surface area contributed by atoms with E-state index in [4.69, 9.17) is 10.00 Å². The number of aromatic nitrogens is 2. The van der Waals surface area contributed by atoms with Gasteiger partial charge in [-0.2, -0.15) is 5.26 Å². The molecular formula is C12H10FN3O. The summed E-state index contributed by atoms with van der Waals surface area (Å²) in [6.45, 7) is 0. The second kappa shape index (κ2) is 4.26. The number of hydrogen-bond acceptors (Lipinski definition) is 3. The van der Waals surface area contributed by atoms with E-state index in [0.29, 0.717) is 17.1 Å². The molecule has 0 aliphatic carbocycles. The maximum atomic E-state index is 13.2. The molecule has 0 spiro atoms. The molecule has 0 aliphatic heterocycles. The molecule has 2 aromatic rings. The topological polar surface area (TPSA) is 50.8 Å². The second-order valence-corrected chi connectivity index (χ2v) is 3.52. The van der Waals surface area contributed by atoms with Gasteiger partial charge in [0.15, 0.2) is 5.69 Å². The number of aryl methyl sites for hydroxylation is 1. The van der Waals surface area contributed by atoms with Crippen molar-refractivity contribution < 1.29 is 9.13 Å². The van der Waals surface area contributed by atoms with E-state index in [1.54, 1.807) is 17.8 Å². The van der Waals surface area contributed by atoms with Gasteiger partial charge in [-0.3, -0.25) is 0 Å². The highest BCUT2D eigenvalue weighted by Gasteiger charge is 2.13. The van der Waals surface area contributed by atoms with E-state index in [1.165, 1.54) is 25.3 Å². The first-order valence-electron chi connectivity index (χ1n) is 4.93. The Morgan fingerprint density at radius 1 is 1.47 bits per heavy atom. The molecular weight excluding hydrogens is 221 g/mol. The fourth-order valence-corrected chi connectivity index (χ4v) is 1.63. The molecule has 1 aromatic heterocycles. The number of imidazole rings is 1. The molecule has 0 saturated carbocycles. The molecule has 0 bridgehead atoms. The van der Waals surface area contributed by atoms with Gasteiger partial charge in [0.1, 0.15) is 23.5 Å². The van der Waals surface area contributed by atoms with Crippen molar-refractivity contribution in [3.05, 3.63) is 35.9 Å². The zero-order valence-corrected chi connectivity index (χ0v) is 9.44. The fourth-order valence-electron chi connectivity index (χ4n) is 1.63. The summed E-state index contributed by atoms with van der Waals surface area (Å²) in [7, 11) is 3.25. The molecule has 0 amide bonds. The van der Waals surface area contributed by atoms with Gasteiger partial charge in [-0.25, -0.2) is 9.37 Å². The maximum absolute atomic E-state index is 13.2. The van der Waals surface area contributed by atoms with Crippen LogP contribution in [0, 0.1) is 17.1 Å². The summed E-state index contributed by atoms with van der Waals surface area (Å²) in [6.07, 6.45) is 1.58. The molecule has 0 saturated heterocycles. The Kier molecular flexibility index (Phi) is 2.79. The van der Waals surface area contributed by atoms with E-state index in [9.17, 15) is 4.39 Å². The van der Waals surface area contributed by atoms with Crippen LogP contribution in [0.15, 0.2) is 24.4 Å². The van der Waals surface area contributed by atoms with Crippen LogP contribution in [0.4, 0.5) is 4.39 Å². The van der Waals surface area contributed by atoms with E-state index >= 15 is 0 Å². The quantitative estimate of drug-likeness (QED) is 0.795. The Balaban J connectivity index is 2.63. The van der Waals surface area contributed by atoms with Gasteiger partial charge in [-0.05, 0) is 18.2 Å². The van der Waals surface area contributed by atoms with E-state index in [0.717, 1.165) is 0 Å². The Bertz CT molecular complexity index is 598. The first-order valence-corrected chi connectivity index (χ1v) is 4.93. The summed E-state index contributed by atoms with van der Waals surface area (Å²) >= 11 is 0. The Morgan fingerprint density at radius 3 is 2.82 bits per heavy atom. The lowest BCUT2D eigenvalue weighted by Crippen LogP contribution is -1.95. The minimum atomic E-state index is -0.373. The van der Waals surface area contributed by atoms with Gasteiger partial charge >= 0.3 is 0 Å². The summed E-state index contributed by atoms with van der Waals surface area (Å²) in [5.74, 6) is 0.643. The number of rotatable bonds is 2. The van der Waals surface area contributed by atoms with Crippen molar-refractivity contribution >= 4 is 0 Å². The van der Waals surface area contributed by atoms with Crippen molar-refractivity contribution in [2.45, 2.75) is 0 Å². The first-order chi connectivity index (χ1) is 8.15. The number of hydrogen-bond donors (Lipinski definition) is 0. The molecule has 1 aromatic carbocycles. The van der Waals surface area contributed by atoms with E-state index in [2.05, 4.69) is 4.98 Å². The highest BCUT2D eigenvalue weighted by molar-refractivity contribution is 5.65. The van der Waals surface area contributed by atoms with Gasteiger partial charge in [0.05, 0.1) is 12.7 Å². The van der Waals surface area contributed by atoms with Gasteiger partial charge in [-0.15, -0.1) is 0 Å². The summed E-state index contributed by atoms with van der Waals surface area (Å²) in [5.41, 5.74) is 0.810. The molecule has 0 radical (unpaired) electrons. The average molecular weight is 231 g/mol. The van der Waals surface area contributed by atoms with Crippen LogP contribution in [-0.4, -0.2) is 16.7 Å². The van der Waals surface area contributed by atoms with Crippen LogP contribution in [-0.2, 0) is 7.05 Å². The van der Waals surface area contributed by atoms with Crippen LogP contribution in [0.25, 0.3) is 11.4 Å². The second-order valence-electron chi connectivity index (χ2n) is 3.52. The number of halogens is 1. The van der Waals surface area contributed by atoms with Crippen LogP contribution >= 0.6 is 0 Å². The standard InChI is InChI=1S/C12H10FN3O/c1-16-7-9(6-14)15-12(16)10-5-8(13)3-4-11(10)17-2/h3-5,7H,1-2H3. The Labute approximate surface area is 97.9 Å². The molecule has 0 atom stereocenters. The third-order valence-corrected chi connectivity index (χ3v) is 2.39. The third-order valence-electron chi connectivity index (χ3n) is 2.39. The molecule has 2 rings (SSSR count). The number of nitriles is 1. The molecule has 0 N–H and O–H groups in total. The molecule has 86 valence electrons. The number of benzene rings is 1. The highest BCUT2D eigenvalue weighted by Crippen LogP contribution is 2.29. The molecule has 5 heteroatoms. The van der Waals surface area contributed by atoms with E-state index < -0.39 is 0 Å². The summed E-state index contributed by atoms with van der Waals surface area (Å²) in [4.78, 5) is 4.10. The summed E-state index contributed by atoms with van der Waals surface area (Å²) in [5, 5.41) is 8.77. The largest absolute Gasteiger partial charge is 0.496 e. The zero-order chi connectivity index (χ0) is 12.4. The lowest BCUT2D eigenvalue weighted by molar-refractivity contribution is 0.415. The van der Waals surface area contributed by atoms with Gasteiger partial charge in [-0.1, -0.05) is 0 Å². The first kappa shape index (κ1) is 11.1. The monoisotopic (exact) mass is 231 g/mol. The van der Waals surface area contributed by atoms with Crippen molar-refractivity contribution in [2.75, 3.05) is 7.11 Å². The van der Waals surface area contributed by atoms with Gasteiger partial charge in [0, 0.05) is 13.2 Å². The predicted molar refractivity (Wildman–Crippen MR) is 59.9 cm³/mol. The molecule has 1 heterocycles. The normalized spacial score (nSPS) is 10.0. The van der Waals surface area contributed by atoms with Crippen LogP contribution < -0.4 is 4.74 Å². The molecule has 4 nitrogen and oxygen atoms in total. The molecule has 0 fully saturated rings. The zero-order valence-electron chi connectivity index (χ0n) is 9.44. The molecule has 0 aliphatic rings. The predicted octanol–water partition coefficient (Wildman–Crippen LogP) is 2.11. The fraction of sp³-hybridized carbons (Fsp3) is 0.167. The van der Waals surface area contributed by atoms with Crippen molar-refractivity contribution in [3.63, 3.8) is 0 Å². The molecule has 17 heavy (non-hydrogen) atoms. The minimum absolute atomic E-state index is 0.286. The highest BCUT2D eigenvalue weighted by atomic mass is 19.1. The summed E-state index contributed by atoms with van der Waals surface area (Å²) in [6, 6.07) is 6.13. The number of nitrogens with zero attached hydrogens (tertiary/aromatic N) is 3. The van der Waals surface area contributed by atoms with Crippen molar-refractivity contribution in [3.8, 4) is 23.2 Å². The van der Waals surface area contributed by atoms with Crippen molar-refractivity contribution in [1.29, 1.82) is 5.26 Å². The number of methoxy groups -OCH3 is 1. The smallest absolute Gasteiger partial charge is 0.159 e. The van der Waals surface area contributed by atoms with Gasteiger partial charge in [0.25, 0.3) is 0 Å². The SMILES string of the molecule is COc1ccc(F)cc1-c1nc(C#N)cn1C. The lowest BCUT2D eigenvalue weighted by Gasteiger charge is -2.07. The average Bonchev–Trinajstić information content (AvgIpc) is 2.70. The van der Waals surface area contributed by atoms with Gasteiger partial charge in [0.2, 0.25) is 0 Å². The van der Waals surface area contributed by atoms with Crippen molar-refractivity contribution in [1.82, 2.24) is 9.55 Å². The Hall–Kier alpha value is -2.35. The molecule has 0 unspecified atom stereocenters.